The van der Waals surface area contributed by atoms with Crippen LogP contribution in [0.25, 0.3) is 0 Å². The van der Waals surface area contributed by atoms with Crippen LogP contribution in [0.3, 0.4) is 0 Å². The first-order valence-corrected chi connectivity index (χ1v) is 8.64. The number of nitrogens with one attached hydrogen (secondary N) is 2. The van der Waals surface area contributed by atoms with Crippen LogP contribution in [-0.2, 0) is 6.54 Å². The number of benzene rings is 1. The van der Waals surface area contributed by atoms with Crippen molar-refractivity contribution in [2.24, 2.45) is 4.99 Å². The molecule has 0 bridgehead atoms. The number of guanidine groups is 1. The van der Waals surface area contributed by atoms with Crippen LogP contribution in [0.1, 0.15) is 17.5 Å². The van der Waals surface area contributed by atoms with E-state index in [4.69, 9.17) is 9.47 Å². The molecule has 2 rings (SSSR count). The summed E-state index contributed by atoms with van der Waals surface area (Å²) in [7, 11) is 3.40. The molecule has 0 aliphatic carbocycles. The number of methoxy groups -OCH3 is 1. The van der Waals surface area contributed by atoms with E-state index in [2.05, 4.69) is 20.6 Å². The van der Waals surface area contributed by atoms with Crippen LogP contribution >= 0.6 is 11.3 Å². The van der Waals surface area contributed by atoms with Crippen LogP contribution in [0.5, 0.6) is 11.5 Å². The Morgan fingerprint density at radius 1 is 1.33 bits per heavy atom. The topological polar surface area (TPSA) is 67.8 Å². The van der Waals surface area contributed by atoms with Crippen molar-refractivity contribution in [2.75, 3.05) is 20.7 Å². The van der Waals surface area contributed by atoms with Crippen LogP contribution in [0.15, 0.2) is 34.8 Å². The molecule has 1 unspecified atom stereocenters. The van der Waals surface area contributed by atoms with E-state index in [1.807, 2.05) is 43.6 Å². The third kappa shape index (κ3) is 5.42. The molecule has 1 aromatic carbocycles. The Hall–Kier alpha value is -2.28. The molecular weight excluding hydrogens is 324 g/mol. The fourth-order valence-electron chi connectivity index (χ4n) is 2.07. The number of aromatic nitrogens is 1. The Morgan fingerprint density at radius 3 is 2.79 bits per heavy atom. The lowest BCUT2D eigenvalue weighted by Crippen LogP contribution is -2.41. The zero-order chi connectivity index (χ0) is 17.4. The molecule has 2 N–H and O–H groups in total. The van der Waals surface area contributed by atoms with Crippen molar-refractivity contribution in [1.82, 2.24) is 15.6 Å². The van der Waals surface area contributed by atoms with Crippen molar-refractivity contribution in [1.29, 1.82) is 0 Å². The zero-order valence-corrected chi connectivity index (χ0v) is 15.3. The van der Waals surface area contributed by atoms with E-state index in [1.165, 1.54) is 4.88 Å². The minimum Gasteiger partial charge on any atom is -0.497 e. The maximum absolute atomic E-state index is 5.89. The standard InChI is InChI=1S/C17H24N4O2S/c1-12(23-15-7-5-6-14(8-15)22-4)9-19-17(18-3)20-10-16-13(2)21-11-24-16/h5-8,11-12H,9-10H2,1-4H3,(H2,18,19,20). The predicted octanol–water partition coefficient (Wildman–Crippen LogP) is 2.59. The molecule has 1 atom stereocenters. The van der Waals surface area contributed by atoms with Crippen molar-refractivity contribution in [3.63, 3.8) is 0 Å². The number of rotatable bonds is 7. The van der Waals surface area contributed by atoms with Crippen molar-refractivity contribution >= 4 is 17.3 Å². The third-order valence-corrected chi connectivity index (χ3v) is 4.36. The smallest absolute Gasteiger partial charge is 0.191 e. The summed E-state index contributed by atoms with van der Waals surface area (Å²) >= 11 is 1.64. The fourth-order valence-corrected chi connectivity index (χ4v) is 2.79. The summed E-state index contributed by atoms with van der Waals surface area (Å²) in [6, 6.07) is 7.59. The molecule has 0 spiro atoms. The zero-order valence-electron chi connectivity index (χ0n) is 14.5. The highest BCUT2D eigenvalue weighted by molar-refractivity contribution is 7.09. The summed E-state index contributed by atoms with van der Waals surface area (Å²) in [5, 5.41) is 6.55. The quantitative estimate of drug-likeness (QED) is 0.595. The van der Waals surface area contributed by atoms with Crippen LogP contribution in [-0.4, -0.2) is 37.7 Å². The SMILES string of the molecule is CN=C(NCc1scnc1C)NCC(C)Oc1cccc(OC)c1. The third-order valence-electron chi connectivity index (χ3n) is 3.42. The molecule has 0 fully saturated rings. The summed E-state index contributed by atoms with van der Waals surface area (Å²) in [5.41, 5.74) is 2.91. The molecule has 1 aromatic heterocycles. The first kappa shape index (κ1) is 18.1. The molecular formula is C17H24N4O2S. The second-order valence-corrected chi connectivity index (χ2v) is 6.21. The summed E-state index contributed by atoms with van der Waals surface area (Å²) in [6.07, 6.45) is -0.0132. The Balaban J connectivity index is 1.78. The van der Waals surface area contributed by atoms with Gasteiger partial charge in [-0.3, -0.25) is 4.99 Å². The lowest BCUT2D eigenvalue weighted by Gasteiger charge is -2.18. The van der Waals surface area contributed by atoms with Crippen molar-refractivity contribution in [3.05, 3.63) is 40.3 Å². The van der Waals surface area contributed by atoms with Crippen LogP contribution in [0, 0.1) is 6.92 Å². The van der Waals surface area contributed by atoms with E-state index in [0.717, 1.165) is 23.2 Å². The van der Waals surface area contributed by atoms with Crippen LogP contribution in [0.2, 0.25) is 0 Å². The number of nitrogens with zero attached hydrogens (tertiary/aromatic N) is 2. The Labute approximate surface area is 146 Å². The van der Waals surface area contributed by atoms with Gasteiger partial charge in [-0.15, -0.1) is 11.3 Å². The molecule has 0 radical (unpaired) electrons. The van der Waals surface area contributed by atoms with Crippen LogP contribution in [0.4, 0.5) is 0 Å². The number of ether oxygens (including phenoxy) is 2. The predicted molar refractivity (Wildman–Crippen MR) is 98.1 cm³/mol. The van der Waals surface area contributed by atoms with Gasteiger partial charge in [0.05, 0.1) is 31.4 Å². The van der Waals surface area contributed by atoms with Gasteiger partial charge in [0, 0.05) is 18.0 Å². The summed E-state index contributed by atoms with van der Waals surface area (Å²) in [5.74, 6) is 2.31. The van der Waals surface area contributed by atoms with Crippen LogP contribution < -0.4 is 20.1 Å². The summed E-state index contributed by atoms with van der Waals surface area (Å²) in [4.78, 5) is 9.68. The highest BCUT2D eigenvalue weighted by Crippen LogP contribution is 2.19. The molecule has 24 heavy (non-hydrogen) atoms. The highest BCUT2D eigenvalue weighted by atomic mass is 32.1. The number of hydrogen-bond acceptors (Lipinski definition) is 5. The Bertz CT molecular complexity index is 672. The first-order chi connectivity index (χ1) is 11.6. The monoisotopic (exact) mass is 348 g/mol. The molecule has 2 aromatic rings. The second-order valence-electron chi connectivity index (χ2n) is 5.28. The van der Waals surface area contributed by atoms with Gasteiger partial charge in [-0.05, 0) is 26.0 Å². The van der Waals surface area contributed by atoms with Gasteiger partial charge < -0.3 is 20.1 Å². The normalized spacial score (nSPS) is 12.6. The lowest BCUT2D eigenvalue weighted by molar-refractivity contribution is 0.223. The van der Waals surface area contributed by atoms with Gasteiger partial charge >= 0.3 is 0 Å². The number of aryl methyl sites for hydroxylation is 1. The number of hydrogen-bond donors (Lipinski definition) is 2. The van der Waals surface area contributed by atoms with E-state index in [9.17, 15) is 0 Å². The molecule has 7 heteroatoms. The molecule has 0 aliphatic heterocycles. The van der Waals surface area contributed by atoms with E-state index in [1.54, 1.807) is 25.5 Å². The fraction of sp³-hybridized carbons (Fsp3) is 0.412. The minimum atomic E-state index is -0.0132. The van der Waals surface area contributed by atoms with Gasteiger partial charge in [0.1, 0.15) is 17.6 Å². The van der Waals surface area contributed by atoms with Crippen molar-refractivity contribution in [3.8, 4) is 11.5 Å². The van der Waals surface area contributed by atoms with Gasteiger partial charge in [0.15, 0.2) is 5.96 Å². The Morgan fingerprint density at radius 2 is 2.12 bits per heavy atom. The first-order valence-electron chi connectivity index (χ1n) is 7.76. The molecule has 0 saturated heterocycles. The van der Waals surface area contributed by atoms with Gasteiger partial charge in [0.2, 0.25) is 0 Å². The van der Waals surface area contributed by atoms with E-state index in [-0.39, 0.29) is 6.10 Å². The Kier molecular flexibility index (Phi) is 6.87. The summed E-state index contributed by atoms with van der Waals surface area (Å²) < 4.78 is 11.1. The molecule has 6 nitrogen and oxygen atoms in total. The number of thiazole rings is 1. The summed E-state index contributed by atoms with van der Waals surface area (Å²) in [6.45, 7) is 5.36. The molecule has 130 valence electrons. The second kappa shape index (κ2) is 9.12. The highest BCUT2D eigenvalue weighted by Gasteiger charge is 2.07. The van der Waals surface area contributed by atoms with Crippen molar-refractivity contribution < 1.29 is 9.47 Å². The molecule has 0 saturated carbocycles. The minimum absolute atomic E-state index is 0.0132. The average molecular weight is 348 g/mol. The van der Waals surface area contributed by atoms with Gasteiger partial charge in [-0.25, -0.2) is 4.98 Å². The maximum atomic E-state index is 5.89. The maximum Gasteiger partial charge on any atom is 0.191 e. The van der Waals surface area contributed by atoms with Gasteiger partial charge in [-0.2, -0.15) is 0 Å². The van der Waals surface area contributed by atoms with Gasteiger partial charge in [0.25, 0.3) is 0 Å². The van der Waals surface area contributed by atoms with E-state index >= 15 is 0 Å². The number of aliphatic imine (C=N–C) groups is 1. The van der Waals surface area contributed by atoms with Gasteiger partial charge in [-0.1, -0.05) is 6.07 Å². The van der Waals surface area contributed by atoms with E-state index < -0.39 is 0 Å². The molecule has 1 heterocycles. The van der Waals surface area contributed by atoms with E-state index in [0.29, 0.717) is 13.1 Å². The molecule has 0 aliphatic rings. The largest absolute Gasteiger partial charge is 0.497 e. The average Bonchev–Trinajstić information content (AvgIpc) is 3.00. The lowest BCUT2D eigenvalue weighted by atomic mass is 10.3. The molecule has 0 amide bonds. The van der Waals surface area contributed by atoms with Crippen molar-refractivity contribution in [2.45, 2.75) is 26.5 Å².